The van der Waals surface area contributed by atoms with E-state index in [1.54, 1.807) is 0 Å². The summed E-state index contributed by atoms with van der Waals surface area (Å²) in [4.78, 5) is 25.0. The van der Waals surface area contributed by atoms with E-state index in [1.165, 1.54) is 40.3 Å². The Hall–Kier alpha value is -2.45. The van der Waals surface area contributed by atoms with Crippen molar-refractivity contribution in [1.29, 1.82) is 0 Å². The molecule has 27 heavy (non-hydrogen) atoms. The van der Waals surface area contributed by atoms with Crippen LogP contribution in [0.15, 0.2) is 18.2 Å². The predicted molar refractivity (Wildman–Crippen MR) is 98.1 cm³/mol. The lowest BCUT2D eigenvalue weighted by molar-refractivity contribution is -0.385. The number of thiophene rings is 1. The van der Waals surface area contributed by atoms with Gasteiger partial charge in [0.25, 0.3) is 5.69 Å². The lowest BCUT2D eigenvalue weighted by Crippen LogP contribution is -2.14. The molecule has 0 unspecified atom stereocenters. The van der Waals surface area contributed by atoms with E-state index in [4.69, 9.17) is 14.2 Å². The fraction of sp³-hybridized carbons (Fsp3) is 0.421. The number of hydrogen-bond donors (Lipinski definition) is 0. The van der Waals surface area contributed by atoms with Crippen molar-refractivity contribution in [1.82, 2.24) is 0 Å². The Morgan fingerprint density at radius 2 is 2.04 bits per heavy atom. The molecule has 142 valence electrons. The summed E-state index contributed by atoms with van der Waals surface area (Å²) in [5.74, 6) is 0.0991. The minimum Gasteiger partial charge on any atom is -0.467 e. The maximum Gasteiger partial charge on any atom is 0.348 e. The van der Waals surface area contributed by atoms with Crippen LogP contribution < -0.4 is 4.74 Å². The van der Waals surface area contributed by atoms with Crippen LogP contribution in [-0.2, 0) is 35.5 Å². The third-order valence-corrected chi connectivity index (χ3v) is 6.01. The average Bonchev–Trinajstić information content (AvgIpc) is 2.96. The fourth-order valence-electron chi connectivity index (χ4n) is 3.48. The maximum absolute atomic E-state index is 12.5. The van der Waals surface area contributed by atoms with Crippen LogP contribution in [0.1, 0.15) is 50.5 Å². The van der Waals surface area contributed by atoms with Crippen LogP contribution in [0.3, 0.4) is 0 Å². The van der Waals surface area contributed by atoms with Crippen LogP contribution in [0.25, 0.3) is 0 Å². The molecule has 0 bridgehead atoms. The molecule has 2 aromatic rings. The Morgan fingerprint density at radius 1 is 1.19 bits per heavy atom. The summed E-state index contributed by atoms with van der Waals surface area (Å²) in [6, 6.07) is 4.75. The SMILES string of the molecule is O=C(OCc1cc([N+](=O)[O-])cc2c1OCOC2)c1cc2c(s1)CCCCC2. The summed E-state index contributed by atoms with van der Waals surface area (Å²) >= 11 is 1.49. The van der Waals surface area contributed by atoms with E-state index in [1.807, 2.05) is 6.07 Å². The van der Waals surface area contributed by atoms with Gasteiger partial charge in [0.15, 0.2) is 6.79 Å². The smallest absolute Gasteiger partial charge is 0.348 e. The number of rotatable bonds is 4. The van der Waals surface area contributed by atoms with E-state index in [0.717, 1.165) is 25.7 Å². The molecule has 1 aliphatic carbocycles. The second-order valence-electron chi connectivity index (χ2n) is 6.66. The first-order valence-electron chi connectivity index (χ1n) is 8.91. The van der Waals surface area contributed by atoms with Gasteiger partial charge in [0, 0.05) is 28.1 Å². The Balaban J connectivity index is 1.52. The summed E-state index contributed by atoms with van der Waals surface area (Å²) in [5.41, 5.74) is 2.24. The van der Waals surface area contributed by atoms with Crippen LogP contribution in [0.5, 0.6) is 5.75 Å². The molecule has 0 N–H and O–H groups in total. The van der Waals surface area contributed by atoms with Crippen LogP contribution in [0.2, 0.25) is 0 Å². The predicted octanol–water partition coefficient (Wildman–Crippen LogP) is 4.15. The maximum atomic E-state index is 12.5. The zero-order valence-electron chi connectivity index (χ0n) is 14.7. The second-order valence-corrected chi connectivity index (χ2v) is 7.79. The van der Waals surface area contributed by atoms with Crippen molar-refractivity contribution in [3.05, 3.63) is 54.8 Å². The molecule has 0 spiro atoms. The van der Waals surface area contributed by atoms with Crippen LogP contribution in [-0.4, -0.2) is 17.7 Å². The van der Waals surface area contributed by atoms with Crippen molar-refractivity contribution in [2.75, 3.05) is 6.79 Å². The molecule has 2 aliphatic rings. The monoisotopic (exact) mass is 389 g/mol. The average molecular weight is 389 g/mol. The molecule has 0 radical (unpaired) electrons. The minimum absolute atomic E-state index is 0.0725. The molecule has 8 heteroatoms. The number of esters is 1. The molecule has 0 amide bonds. The van der Waals surface area contributed by atoms with Crippen molar-refractivity contribution in [3.63, 3.8) is 0 Å². The minimum atomic E-state index is -0.476. The topological polar surface area (TPSA) is 87.9 Å². The van der Waals surface area contributed by atoms with Gasteiger partial charge in [0.2, 0.25) is 0 Å². The van der Waals surface area contributed by atoms with Gasteiger partial charge in [-0.1, -0.05) is 6.42 Å². The molecule has 1 aromatic heterocycles. The molecule has 2 heterocycles. The zero-order chi connectivity index (χ0) is 18.8. The van der Waals surface area contributed by atoms with E-state index in [2.05, 4.69) is 0 Å². The van der Waals surface area contributed by atoms with Crippen molar-refractivity contribution in [2.45, 2.75) is 45.3 Å². The molecule has 0 saturated carbocycles. The lowest BCUT2D eigenvalue weighted by Gasteiger charge is -2.20. The molecule has 7 nitrogen and oxygen atoms in total. The number of nitro benzene ring substituents is 1. The highest BCUT2D eigenvalue weighted by Crippen LogP contribution is 2.34. The molecule has 0 saturated heterocycles. The second kappa shape index (κ2) is 7.66. The number of benzene rings is 1. The zero-order valence-corrected chi connectivity index (χ0v) is 15.5. The van der Waals surface area contributed by atoms with E-state index in [-0.39, 0.29) is 25.7 Å². The number of aryl methyl sites for hydroxylation is 2. The number of carbonyl (C=O) groups excluding carboxylic acids is 1. The van der Waals surface area contributed by atoms with Gasteiger partial charge < -0.3 is 14.2 Å². The quantitative estimate of drug-likeness (QED) is 0.338. The van der Waals surface area contributed by atoms with E-state index in [0.29, 0.717) is 21.8 Å². The largest absolute Gasteiger partial charge is 0.467 e. The molecule has 1 aliphatic heterocycles. The highest BCUT2D eigenvalue weighted by Gasteiger charge is 2.23. The van der Waals surface area contributed by atoms with Crippen LogP contribution in [0, 0.1) is 10.1 Å². The van der Waals surface area contributed by atoms with E-state index >= 15 is 0 Å². The lowest BCUT2D eigenvalue weighted by atomic mass is 10.1. The third-order valence-electron chi connectivity index (χ3n) is 4.79. The van der Waals surface area contributed by atoms with Crippen LogP contribution >= 0.6 is 11.3 Å². The number of carbonyl (C=O) groups is 1. The van der Waals surface area contributed by atoms with Gasteiger partial charge in [-0.05, 0) is 37.3 Å². The van der Waals surface area contributed by atoms with Gasteiger partial charge in [-0.25, -0.2) is 4.79 Å². The summed E-state index contributed by atoms with van der Waals surface area (Å²) in [6.07, 6.45) is 5.55. The Morgan fingerprint density at radius 3 is 2.89 bits per heavy atom. The number of ether oxygens (including phenoxy) is 3. The molecule has 4 rings (SSSR count). The summed E-state index contributed by atoms with van der Waals surface area (Å²) in [6.45, 7) is 0.227. The number of fused-ring (bicyclic) bond motifs is 2. The first-order chi connectivity index (χ1) is 13.1. The number of nitro groups is 1. The van der Waals surface area contributed by atoms with Gasteiger partial charge in [-0.2, -0.15) is 0 Å². The van der Waals surface area contributed by atoms with Crippen molar-refractivity contribution < 1.29 is 23.9 Å². The highest BCUT2D eigenvalue weighted by atomic mass is 32.1. The van der Waals surface area contributed by atoms with Crippen molar-refractivity contribution in [3.8, 4) is 5.75 Å². The first-order valence-corrected chi connectivity index (χ1v) is 9.73. The van der Waals surface area contributed by atoms with Gasteiger partial charge in [-0.3, -0.25) is 10.1 Å². The van der Waals surface area contributed by atoms with Crippen molar-refractivity contribution >= 4 is 23.0 Å². The Kier molecular flexibility index (Phi) is 5.09. The third kappa shape index (κ3) is 3.81. The first kappa shape index (κ1) is 17.9. The standard InChI is InChI=1S/C19H19NO6S/c21-19(17-8-12-4-2-1-3-5-16(12)27-17)25-10-14-7-15(20(22)23)6-13-9-24-11-26-18(13)14/h6-8H,1-5,9-11H2. The Bertz CT molecular complexity index is 867. The van der Waals surface area contributed by atoms with Crippen LogP contribution in [0.4, 0.5) is 5.69 Å². The number of hydrogen-bond acceptors (Lipinski definition) is 7. The number of non-ortho nitro benzene ring substituents is 1. The molecule has 0 fully saturated rings. The van der Waals surface area contributed by atoms with Gasteiger partial charge in [0.1, 0.15) is 17.2 Å². The fourth-order valence-corrected chi connectivity index (χ4v) is 4.62. The van der Waals surface area contributed by atoms with Gasteiger partial charge in [0.05, 0.1) is 11.5 Å². The molecule has 0 atom stereocenters. The normalized spacial score (nSPS) is 15.9. The van der Waals surface area contributed by atoms with Gasteiger partial charge in [-0.15, -0.1) is 11.3 Å². The summed E-state index contributed by atoms with van der Waals surface area (Å²) in [7, 11) is 0. The highest BCUT2D eigenvalue weighted by molar-refractivity contribution is 7.14. The summed E-state index contributed by atoms with van der Waals surface area (Å²) in [5, 5.41) is 11.2. The Labute approximate surface area is 160 Å². The molecular weight excluding hydrogens is 370 g/mol. The van der Waals surface area contributed by atoms with E-state index < -0.39 is 10.9 Å². The van der Waals surface area contributed by atoms with Gasteiger partial charge >= 0.3 is 5.97 Å². The van der Waals surface area contributed by atoms with Crippen molar-refractivity contribution in [2.24, 2.45) is 0 Å². The molecule has 1 aromatic carbocycles. The number of nitrogens with zero attached hydrogens (tertiary/aromatic N) is 1. The van der Waals surface area contributed by atoms with E-state index in [9.17, 15) is 14.9 Å². The molecular formula is C19H19NO6S. The summed E-state index contributed by atoms with van der Waals surface area (Å²) < 4.78 is 16.1.